The van der Waals surface area contributed by atoms with Crippen molar-refractivity contribution in [1.82, 2.24) is 5.32 Å². The lowest BCUT2D eigenvalue weighted by molar-refractivity contribution is -0.117. The number of methoxy groups -OCH3 is 2. The van der Waals surface area contributed by atoms with E-state index in [2.05, 4.69) is 5.32 Å². The fourth-order valence-corrected chi connectivity index (χ4v) is 2.95. The molecule has 142 valence electrons. The summed E-state index contributed by atoms with van der Waals surface area (Å²) in [7, 11) is 3.01. The predicted octanol–water partition coefficient (Wildman–Crippen LogP) is 2.52. The van der Waals surface area contributed by atoms with Gasteiger partial charge in [0.05, 0.1) is 20.3 Å². The summed E-state index contributed by atoms with van der Waals surface area (Å²) in [6.45, 7) is 0.254. The van der Waals surface area contributed by atoms with E-state index in [1.807, 2.05) is 0 Å². The standard InChI is InChI=1S/C19H18F2N2O4/c1-26-16-6-4-13(9-17(16)27-2)23-10-12(8-18(23)24)22-19(25)11-3-5-14(20)15(21)7-11/h3-7,9,12H,8,10H2,1-2H3,(H,22,25). The molecule has 2 aromatic rings. The van der Waals surface area contributed by atoms with Crippen molar-refractivity contribution in [2.24, 2.45) is 0 Å². The van der Waals surface area contributed by atoms with Crippen LogP contribution in [0.4, 0.5) is 14.5 Å². The number of ether oxygens (including phenoxy) is 2. The summed E-state index contributed by atoms with van der Waals surface area (Å²) in [6, 6.07) is 7.54. The first-order valence-electron chi connectivity index (χ1n) is 8.21. The van der Waals surface area contributed by atoms with Crippen molar-refractivity contribution in [3.8, 4) is 11.5 Å². The van der Waals surface area contributed by atoms with Gasteiger partial charge in [-0.1, -0.05) is 0 Å². The van der Waals surface area contributed by atoms with Crippen LogP contribution in [0.5, 0.6) is 11.5 Å². The van der Waals surface area contributed by atoms with Crippen molar-refractivity contribution in [2.75, 3.05) is 25.7 Å². The number of benzene rings is 2. The summed E-state index contributed by atoms with van der Waals surface area (Å²) in [6.07, 6.45) is 0.101. The van der Waals surface area contributed by atoms with Crippen molar-refractivity contribution in [3.05, 3.63) is 53.6 Å². The summed E-state index contributed by atoms with van der Waals surface area (Å²) < 4.78 is 36.7. The van der Waals surface area contributed by atoms with Gasteiger partial charge in [-0.25, -0.2) is 8.78 Å². The average molecular weight is 376 g/mol. The molecule has 1 unspecified atom stereocenters. The van der Waals surface area contributed by atoms with Crippen molar-refractivity contribution in [2.45, 2.75) is 12.5 Å². The Balaban J connectivity index is 1.72. The molecule has 1 fully saturated rings. The van der Waals surface area contributed by atoms with Crippen LogP contribution in [0.2, 0.25) is 0 Å². The van der Waals surface area contributed by atoms with Gasteiger partial charge in [0.1, 0.15) is 0 Å². The topological polar surface area (TPSA) is 67.9 Å². The summed E-state index contributed by atoms with van der Waals surface area (Å²) >= 11 is 0. The van der Waals surface area contributed by atoms with E-state index in [-0.39, 0.29) is 24.4 Å². The molecule has 8 heteroatoms. The van der Waals surface area contributed by atoms with Gasteiger partial charge in [-0.05, 0) is 30.3 Å². The maximum absolute atomic E-state index is 13.3. The fourth-order valence-electron chi connectivity index (χ4n) is 2.95. The SMILES string of the molecule is COc1ccc(N2CC(NC(=O)c3ccc(F)c(F)c3)CC2=O)cc1OC. The zero-order valence-corrected chi connectivity index (χ0v) is 14.8. The molecule has 0 spiro atoms. The highest BCUT2D eigenvalue weighted by Gasteiger charge is 2.32. The van der Waals surface area contributed by atoms with Gasteiger partial charge in [-0.3, -0.25) is 9.59 Å². The van der Waals surface area contributed by atoms with Gasteiger partial charge in [0, 0.05) is 30.3 Å². The highest BCUT2D eigenvalue weighted by atomic mass is 19.2. The van der Waals surface area contributed by atoms with Crippen molar-refractivity contribution in [3.63, 3.8) is 0 Å². The lowest BCUT2D eigenvalue weighted by Crippen LogP contribution is -2.37. The largest absolute Gasteiger partial charge is 0.493 e. The number of hydrogen-bond acceptors (Lipinski definition) is 4. The molecule has 0 aromatic heterocycles. The Morgan fingerprint density at radius 2 is 1.81 bits per heavy atom. The molecule has 6 nitrogen and oxygen atoms in total. The zero-order chi connectivity index (χ0) is 19.6. The molecule has 0 saturated carbocycles. The summed E-state index contributed by atoms with van der Waals surface area (Å²) in [5, 5.41) is 2.68. The number of carbonyl (C=O) groups is 2. The Kier molecular flexibility index (Phi) is 5.25. The molecule has 0 aliphatic carbocycles. The maximum atomic E-state index is 13.3. The average Bonchev–Trinajstić information content (AvgIpc) is 3.03. The Bertz CT molecular complexity index is 888. The van der Waals surface area contributed by atoms with Crippen LogP contribution in [0, 0.1) is 11.6 Å². The molecule has 1 saturated heterocycles. The van der Waals surface area contributed by atoms with E-state index < -0.39 is 23.6 Å². The number of halogens is 2. The molecule has 3 rings (SSSR count). The molecule has 1 atom stereocenters. The van der Waals surface area contributed by atoms with E-state index in [9.17, 15) is 18.4 Å². The van der Waals surface area contributed by atoms with Gasteiger partial charge in [0.2, 0.25) is 5.91 Å². The first kappa shape index (κ1) is 18.6. The number of amides is 2. The van der Waals surface area contributed by atoms with Crippen LogP contribution in [0.1, 0.15) is 16.8 Å². The third kappa shape index (κ3) is 3.84. The van der Waals surface area contributed by atoms with Crippen LogP contribution >= 0.6 is 0 Å². The van der Waals surface area contributed by atoms with E-state index in [1.54, 1.807) is 18.2 Å². The molecular formula is C19H18F2N2O4. The fraction of sp³-hybridized carbons (Fsp3) is 0.263. The summed E-state index contributed by atoms with van der Waals surface area (Å²) in [5.41, 5.74) is 0.605. The predicted molar refractivity (Wildman–Crippen MR) is 94.1 cm³/mol. The number of hydrogen-bond donors (Lipinski definition) is 1. The van der Waals surface area contributed by atoms with Crippen molar-refractivity contribution < 1.29 is 27.8 Å². The third-order valence-electron chi connectivity index (χ3n) is 4.32. The van der Waals surface area contributed by atoms with Crippen LogP contribution in [0.15, 0.2) is 36.4 Å². The van der Waals surface area contributed by atoms with Crippen LogP contribution in [0.3, 0.4) is 0 Å². The van der Waals surface area contributed by atoms with Crippen LogP contribution in [-0.2, 0) is 4.79 Å². The van der Waals surface area contributed by atoms with Gasteiger partial charge in [-0.15, -0.1) is 0 Å². The Labute approximate surface area is 154 Å². The van der Waals surface area contributed by atoms with Crippen molar-refractivity contribution in [1.29, 1.82) is 0 Å². The number of nitrogens with one attached hydrogen (secondary N) is 1. The molecule has 1 aliphatic heterocycles. The molecule has 0 radical (unpaired) electrons. The number of anilines is 1. The first-order chi connectivity index (χ1) is 12.9. The Morgan fingerprint density at radius 3 is 2.48 bits per heavy atom. The minimum Gasteiger partial charge on any atom is -0.493 e. The van der Waals surface area contributed by atoms with Gasteiger partial charge in [-0.2, -0.15) is 0 Å². The molecule has 2 aromatic carbocycles. The summed E-state index contributed by atoms with van der Waals surface area (Å²) in [4.78, 5) is 26.1. The Morgan fingerprint density at radius 1 is 1.07 bits per heavy atom. The van der Waals surface area contributed by atoms with E-state index in [0.29, 0.717) is 17.2 Å². The zero-order valence-electron chi connectivity index (χ0n) is 14.8. The molecule has 2 amide bonds. The minimum absolute atomic E-state index is 0.00841. The molecule has 1 N–H and O–H groups in total. The van der Waals surface area contributed by atoms with E-state index in [0.717, 1.165) is 12.1 Å². The van der Waals surface area contributed by atoms with E-state index >= 15 is 0 Å². The molecule has 1 heterocycles. The molecule has 27 heavy (non-hydrogen) atoms. The smallest absolute Gasteiger partial charge is 0.251 e. The Hall–Kier alpha value is -3.16. The first-order valence-corrected chi connectivity index (χ1v) is 8.21. The quantitative estimate of drug-likeness (QED) is 0.871. The van der Waals surface area contributed by atoms with Gasteiger partial charge in [0.25, 0.3) is 5.91 Å². The van der Waals surface area contributed by atoms with Crippen LogP contribution in [0.25, 0.3) is 0 Å². The van der Waals surface area contributed by atoms with E-state index in [1.165, 1.54) is 25.2 Å². The highest BCUT2D eigenvalue weighted by Crippen LogP contribution is 2.33. The van der Waals surface area contributed by atoms with Gasteiger partial charge >= 0.3 is 0 Å². The number of carbonyl (C=O) groups excluding carboxylic acids is 2. The second-order valence-corrected chi connectivity index (χ2v) is 6.05. The molecule has 0 bridgehead atoms. The minimum atomic E-state index is -1.10. The third-order valence-corrected chi connectivity index (χ3v) is 4.32. The van der Waals surface area contributed by atoms with E-state index in [4.69, 9.17) is 9.47 Å². The highest BCUT2D eigenvalue weighted by molar-refractivity contribution is 5.99. The number of nitrogens with zero attached hydrogens (tertiary/aromatic N) is 1. The summed E-state index contributed by atoms with van der Waals surface area (Å²) in [5.74, 6) is -1.84. The van der Waals surface area contributed by atoms with Gasteiger partial charge in [0.15, 0.2) is 23.1 Å². The lowest BCUT2D eigenvalue weighted by Gasteiger charge is -2.19. The second-order valence-electron chi connectivity index (χ2n) is 6.05. The second kappa shape index (κ2) is 7.61. The monoisotopic (exact) mass is 376 g/mol. The van der Waals surface area contributed by atoms with Crippen LogP contribution in [-0.4, -0.2) is 38.6 Å². The number of rotatable bonds is 5. The molecular weight excluding hydrogens is 358 g/mol. The van der Waals surface area contributed by atoms with Gasteiger partial charge < -0.3 is 19.7 Å². The van der Waals surface area contributed by atoms with Crippen molar-refractivity contribution >= 4 is 17.5 Å². The van der Waals surface area contributed by atoms with Crippen LogP contribution < -0.4 is 19.7 Å². The normalized spacial score (nSPS) is 16.4. The lowest BCUT2D eigenvalue weighted by atomic mass is 10.1. The maximum Gasteiger partial charge on any atom is 0.251 e. The molecule has 1 aliphatic rings.